The van der Waals surface area contributed by atoms with Crippen LogP contribution in [0.4, 0.5) is 0 Å². The van der Waals surface area contributed by atoms with Crippen LogP contribution >= 0.6 is 23.2 Å². The van der Waals surface area contributed by atoms with Gasteiger partial charge < -0.3 is 4.57 Å². The highest BCUT2D eigenvalue weighted by Crippen LogP contribution is 2.34. The van der Waals surface area contributed by atoms with Crippen LogP contribution in [0.5, 0.6) is 0 Å². The molecule has 1 aromatic heterocycles. The molecule has 0 radical (unpaired) electrons. The lowest BCUT2D eigenvalue weighted by atomic mass is 9.96. The van der Waals surface area contributed by atoms with E-state index in [0.29, 0.717) is 16.5 Å². The van der Waals surface area contributed by atoms with Crippen LogP contribution in [-0.2, 0) is 6.42 Å². The van der Waals surface area contributed by atoms with Gasteiger partial charge in [-0.2, -0.15) is 0 Å². The predicted molar refractivity (Wildman–Crippen MR) is 86.7 cm³/mol. The lowest BCUT2D eigenvalue weighted by Gasteiger charge is -2.23. The van der Waals surface area contributed by atoms with Crippen LogP contribution in [0, 0.1) is 6.92 Å². The van der Waals surface area contributed by atoms with E-state index in [1.165, 1.54) is 0 Å². The van der Waals surface area contributed by atoms with E-state index in [1.807, 2.05) is 25.1 Å². The zero-order chi connectivity index (χ0) is 15.1. The molecule has 1 aromatic carbocycles. The third-order valence-electron chi connectivity index (χ3n) is 4.25. The molecule has 1 aliphatic carbocycles. The van der Waals surface area contributed by atoms with Crippen molar-refractivity contribution in [2.75, 3.05) is 0 Å². The van der Waals surface area contributed by atoms with E-state index in [9.17, 15) is 4.79 Å². The first-order chi connectivity index (χ1) is 9.99. The molecule has 1 unspecified atom stereocenters. The number of fused-ring (bicyclic) bond motifs is 1. The van der Waals surface area contributed by atoms with Gasteiger partial charge in [-0.15, -0.1) is 0 Å². The van der Waals surface area contributed by atoms with Crippen molar-refractivity contribution < 1.29 is 4.79 Å². The van der Waals surface area contributed by atoms with Crippen molar-refractivity contribution in [1.29, 1.82) is 0 Å². The highest BCUT2D eigenvalue weighted by atomic mass is 35.5. The van der Waals surface area contributed by atoms with Gasteiger partial charge >= 0.3 is 0 Å². The smallest absolute Gasteiger partial charge is 0.164 e. The summed E-state index contributed by atoms with van der Waals surface area (Å²) < 4.78 is 2.24. The molecular formula is C17H17Cl2NO. The molecule has 1 aliphatic rings. The summed E-state index contributed by atoms with van der Waals surface area (Å²) in [6, 6.07) is 7.69. The van der Waals surface area contributed by atoms with Crippen LogP contribution in [0.1, 0.15) is 53.1 Å². The Labute approximate surface area is 134 Å². The maximum atomic E-state index is 12.1. The van der Waals surface area contributed by atoms with E-state index in [1.54, 1.807) is 6.07 Å². The van der Waals surface area contributed by atoms with Gasteiger partial charge in [0.05, 0.1) is 6.04 Å². The highest BCUT2D eigenvalue weighted by Gasteiger charge is 2.25. The molecule has 2 nitrogen and oxygen atoms in total. The number of ketones is 1. The molecule has 0 aliphatic heterocycles. The van der Waals surface area contributed by atoms with Crippen LogP contribution in [0.25, 0.3) is 0 Å². The van der Waals surface area contributed by atoms with Crippen molar-refractivity contribution in [2.45, 2.75) is 39.2 Å². The quantitative estimate of drug-likeness (QED) is 0.742. The van der Waals surface area contributed by atoms with Crippen LogP contribution in [0.15, 0.2) is 24.3 Å². The number of carbonyl (C=O) groups excluding carboxylic acids is 1. The van der Waals surface area contributed by atoms with Crippen LogP contribution in [0.2, 0.25) is 10.0 Å². The monoisotopic (exact) mass is 321 g/mol. The topological polar surface area (TPSA) is 22.0 Å². The Hall–Kier alpha value is -1.25. The van der Waals surface area contributed by atoms with Gasteiger partial charge in [0.1, 0.15) is 0 Å². The fraction of sp³-hybridized carbons (Fsp3) is 0.353. The fourth-order valence-corrected chi connectivity index (χ4v) is 3.84. The van der Waals surface area contributed by atoms with Crippen molar-refractivity contribution in [3.05, 3.63) is 56.8 Å². The average Bonchev–Trinajstić information content (AvgIpc) is 2.76. The number of hydrogen-bond donors (Lipinski definition) is 0. The summed E-state index contributed by atoms with van der Waals surface area (Å²) in [5.74, 6) is 0.257. The second-order valence-electron chi connectivity index (χ2n) is 5.63. The molecule has 21 heavy (non-hydrogen) atoms. The van der Waals surface area contributed by atoms with Crippen molar-refractivity contribution >= 4 is 29.0 Å². The third kappa shape index (κ3) is 2.51. The van der Waals surface area contributed by atoms with E-state index in [2.05, 4.69) is 11.5 Å². The Morgan fingerprint density at radius 2 is 1.95 bits per heavy atom. The van der Waals surface area contributed by atoms with E-state index in [4.69, 9.17) is 23.2 Å². The maximum Gasteiger partial charge on any atom is 0.164 e. The molecule has 3 rings (SSSR count). The lowest BCUT2D eigenvalue weighted by Crippen LogP contribution is -2.17. The molecule has 2 aromatic rings. The summed E-state index contributed by atoms with van der Waals surface area (Å²) in [7, 11) is 0. The summed E-state index contributed by atoms with van der Waals surface area (Å²) in [5, 5.41) is 1.30. The third-order valence-corrected chi connectivity index (χ3v) is 4.82. The Bertz CT molecular complexity index is 718. The number of nitrogens with zero attached hydrogens (tertiary/aromatic N) is 1. The molecule has 1 heterocycles. The second kappa shape index (κ2) is 5.51. The zero-order valence-corrected chi connectivity index (χ0v) is 13.6. The first-order valence-corrected chi connectivity index (χ1v) is 7.93. The molecule has 0 saturated heterocycles. The van der Waals surface area contributed by atoms with Crippen LogP contribution in [0.3, 0.4) is 0 Å². The molecular weight excluding hydrogens is 305 g/mol. The normalized spacial score (nSPS) is 15.9. The molecule has 0 spiro atoms. The number of hydrogen-bond acceptors (Lipinski definition) is 1. The van der Waals surface area contributed by atoms with E-state index < -0.39 is 0 Å². The Balaban J connectivity index is 2.10. The summed E-state index contributed by atoms with van der Waals surface area (Å²) in [5.41, 5.74) is 4.16. The van der Waals surface area contributed by atoms with Gasteiger partial charge in [0, 0.05) is 33.4 Å². The number of carbonyl (C=O) groups is 1. The van der Waals surface area contributed by atoms with Gasteiger partial charge in [0.2, 0.25) is 0 Å². The summed E-state index contributed by atoms with van der Waals surface area (Å²) in [4.78, 5) is 12.1. The number of rotatable bonds is 2. The van der Waals surface area contributed by atoms with E-state index >= 15 is 0 Å². The van der Waals surface area contributed by atoms with Gasteiger partial charge in [0.25, 0.3) is 0 Å². The summed E-state index contributed by atoms with van der Waals surface area (Å²) >= 11 is 12.3. The molecule has 110 valence electrons. The first-order valence-electron chi connectivity index (χ1n) is 7.18. The predicted octanol–water partition coefficient (Wildman–Crippen LogP) is 5.23. The molecule has 0 bridgehead atoms. The molecule has 1 atom stereocenters. The van der Waals surface area contributed by atoms with Crippen molar-refractivity contribution in [3.63, 3.8) is 0 Å². The van der Waals surface area contributed by atoms with E-state index in [-0.39, 0.29) is 11.8 Å². The Morgan fingerprint density at radius 3 is 2.67 bits per heavy atom. The van der Waals surface area contributed by atoms with Gasteiger partial charge in [-0.05, 0) is 50.5 Å². The zero-order valence-electron chi connectivity index (χ0n) is 12.1. The SMILES string of the molecule is Cc1cc2c(n1C(C)c1ccc(Cl)cc1Cl)CCCC2=O. The van der Waals surface area contributed by atoms with Crippen molar-refractivity contribution in [2.24, 2.45) is 0 Å². The lowest BCUT2D eigenvalue weighted by molar-refractivity contribution is 0.0971. The number of aryl methyl sites for hydroxylation is 1. The fourth-order valence-electron chi connectivity index (χ4n) is 3.27. The first kappa shape index (κ1) is 14.7. The number of aromatic nitrogens is 1. The largest absolute Gasteiger partial charge is 0.341 e. The number of Topliss-reactive ketones (excluding diaryl/α,β-unsaturated/α-hetero) is 1. The summed E-state index contributed by atoms with van der Waals surface area (Å²) in [6.45, 7) is 4.16. The Morgan fingerprint density at radius 1 is 1.19 bits per heavy atom. The molecule has 0 N–H and O–H groups in total. The minimum Gasteiger partial charge on any atom is -0.341 e. The average molecular weight is 322 g/mol. The van der Waals surface area contributed by atoms with Gasteiger partial charge in [-0.3, -0.25) is 4.79 Å². The highest BCUT2D eigenvalue weighted by molar-refractivity contribution is 6.35. The molecule has 0 fully saturated rings. The molecule has 4 heteroatoms. The number of halogens is 2. The second-order valence-corrected chi connectivity index (χ2v) is 6.48. The van der Waals surface area contributed by atoms with Crippen LogP contribution in [-0.4, -0.2) is 10.4 Å². The van der Waals surface area contributed by atoms with Gasteiger partial charge in [-0.25, -0.2) is 0 Å². The van der Waals surface area contributed by atoms with Gasteiger partial charge in [0.15, 0.2) is 5.78 Å². The Kier molecular flexibility index (Phi) is 3.85. The maximum absolute atomic E-state index is 12.1. The standard InChI is InChI=1S/C17H17Cl2NO/c1-10-8-14-16(4-3-5-17(14)21)20(10)11(2)13-7-6-12(18)9-15(13)19/h6-9,11H,3-5H2,1-2H3. The van der Waals surface area contributed by atoms with Gasteiger partial charge in [-0.1, -0.05) is 29.3 Å². The minimum atomic E-state index is 0.0874. The van der Waals surface area contributed by atoms with Crippen LogP contribution < -0.4 is 0 Å². The summed E-state index contributed by atoms with van der Waals surface area (Å²) in [6.07, 6.45) is 2.54. The molecule has 0 amide bonds. The minimum absolute atomic E-state index is 0.0874. The van der Waals surface area contributed by atoms with Crippen molar-refractivity contribution in [1.82, 2.24) is 4.57 Å². The number of benzene rings is 1. The van der Waals surface area contributed by atoms with E-state index in [0.717, 1.165) is 35.4 Å². The van der Waals surface area contributed by atoms with Crippen molar-refractivity contribution in [3.8, 4) is 0 Å². The molecule has 0 saturated carbocycles.